The fourth-order valence-corrected chi connectivity index (χ4v) is 2.29. The fraction of sp³-hybridized carbons (Fsp3) is 0.308. The molecule has 2 aromatic rings. The normalized spacial score (nSPS) is 15.3. The third kappa shape index (κ3) is 2.29. The molecule has 2 N–H and O–H groups in total. The number of hydrogen-bond donors (Lipinski definition) is 2. The number of carboxylic acid groups (broad SMARTS) is 1. The SMILES string of the molecule is O=C(O)c1nc2cc(N3CCOCC3)ccn2c(=O)c1O. The molecule has 3 heterocycles. The summed E-state index contributed by atoms with van der Waals surface area (Å²) in [6.45, 7) is 2.65. The summed E-state index contributed by atoms with van der Waals surface area (Å²) in [7, 11) is 0. The van der Waals surface area contributed by atoms with Crippen LogP contribution in [0.3, 0.4) is 0 Å². The lowest BCUT2D eigenvalue weighted by Gasteiger charge is -2.28. The van der Waals surface area contributed by atoms with Gasteiger partial charge in [0.15, 0.2) is 5.69 Å². The van der Waals surface area contributed by atoms with E-state index in [9.17, 15) is 14.7 Å². The molecule has 1 fully saturated rings. The number of pyridine rings is 1. The Labute approximate surface area is 118 Å². The topological polar surface area (TPSA) is 104 Å². The first kappa shape index (κ1) is 13.4. The van der Waals surface area contributed by atoms with Gasteiger partial charge in [0.2, 0.25) is 5.75 Å². The van der Waals surface area contributed by atoms with Gasteiger partial charge in [0.05, 0.1) is 13.2 Å². The van der Waals surface area contributed by atoms with Gasteiger partial charge in [-0.15, -0.1) is 0 Å². The standard InChI is InChI=1S/C13H13N3O5/c17-11-10(13(19)20)14-9-7-8(1-2-16(9)12(11)18)15-3-5-21-6-4-15/h1-2,7,17H,3-6H2,(H,19,20). The Morgan fingerprint density at radius 3 is 2.71 bits per heavy atom. The van der Waals surface area contributed by atoms with E-state index in [1.807, 2.05) is 0 Å². The van der Waals surface area contributed by atoms with Gasteiger partial charge in [-0.2, -0.15) is 0 Å². The van der Waals surface area contributed by atoms with E-state index in [0.29, 0.717) is 26.3 Å². The average Bonchev–Trinajstić information content (AvgIpc) is 2.51. The molecule has 0 unspecified atom stereocenters. The summed E-state index contributed by atoms with van der Waals surface area (Å²) in [5.41, 5.74) is -0.434. The van der Waals surface area contributed by atoms with Gasteiger partial charge in [0, 0.05) is 31.0 Å². The summed E-state index contributed by atoms with van der Waals surface area (Å²) in [6, 6.07) is 3.35. The van der Waals surface area contributed by atoms with Gasteiger partial charge < -0.3 is 19.8 Å². The first-order valence-corrected chi connectivity index (χ1v) is 6.39. The number of morpholine rings is 1. The highest BCUT2D eigenvalue weighted by Crippen LogP contribution is 2.18. The van der Waals surface area contributed by atoms with E-state index in [1.165, 1.54) is 6.20 Å². The molecule has 110 valence electrons. The van der Waals surface area contributed by atoms with Crippen molar-refractivity contribution in [3.8, 4) is 5.75 Å². The first-order chi connectivity index (χ1) is 10.1. The first-order valence-electron chi connectivity index (χ1n) is 6.39. The number of nitrogens with zero attached hydrogens (tertiary/aromatic N) is 3. The Balaban J connectivity index is 2.14. The van der Waals surface area contributed by atoms with Crippen LogP contribution in [0.2, 0.25) is 0 Å². The lowest BCUT2D eigenvalue weighted by Crippen LogP contribution is -2.36. The highest BCUT2D eigenvalue weighted by molar-refractivity contribution is 5.89. The molecule has 0 aliphatic carbocycles. The third-order valence-corrected chi connectivity index (χ3v) is 3.37. The molecule has 0 radical (unpaired) electrons. The smallest absolute Gasteiger partial charge is 0.358 e. The van der Waals surface area contributed by atoms with Gasteiger partial charge in [-0.3, -0.25) is 9.20 Å². The van der Waals surface area contributed by atoms with Crippen molar-refractivity contribution in [1.82, 2.24) is 9.38 Å². The van der Waals surface area contributed by atoms with Gasteiger partial charge in [-0.25, -0.2) is 9.78 Å². The van der Waals surface area contributed by atoms with Crippen LogP contribution in [0.15, 0.2) is 23.1 Å². The van der Waals surface area contributed by atoms with Crippen molar-refractivity contribution in [2.24, 2.45) is 0 Å². The summed E-state index contributed by atoms with van der Waals surface area (Å²) >= 11 is 0. The van der Waals surface area contributed by atoms with Crippen molar-refractivity contribution in [1.29, 1.82) is 0 Å². The Kier molecular flexibility index (Phi) is 3.22. The highest BCUT2D eigenvalue weighted by Gasteiger charge is 2.18. The predicted molar refractivity (Wildman–Crippen MR) is 73.1 cm³/mol. The van der Waals surface area contributed by atoms with E-state index < -0.39 is 23.0 Å². The maximum atomic E-state index is 11.9. The summed E-state index contributed by atoms with van der Waals surface area (Å²) in [5.74, 6) is -2.30. The van der Waals surface area contributed by atoms with Crippen molar-refractivity contribution in [2.75, 3.05) is 31.2 Å². The molecule has 8 nitrogen and oxygen atoms in total. The summed E-state index contributed by atoms with van der Waals surface area (Å²) in [5, 5.41) is 18.6. The number of carbonyl (C=O) groups is 1. The number of aromatic hydroxyl groups is 1. The molecule has 0 bridgehead atoms. The molecule has 1 aliphatic rings. The van der Waals surface area contributed by atoms with Gasteiger partial charge in [-0.1, -0.05) is 0 Å². The van der Waals surface area contributed by atoms with Crippen LogP contribution in [0.5, 0.6) is 5.75 Å². The molecular formula is C13H13N3O5. The van der Waals surface area contributed by atoms with E-state index >= 15 is 0 Å². The Hall–Kier alpha value is -2.61. The average molecular weight is 291 g/mol. The maximum absolute atomic E-state index is 11.9. The zero-order valence-electron chi connectivity index (χ0n) is 11.0. The van der Waals surface area contributed by atoms with Crippen LogP contribution in [0.4, 0.5) is 5.69 Å². The number of hydrogen-bond acceptors (Lipinski definition) is 6. The van der Waals surface area contributed by atoms with Gasteiger partial charge >= 0.3 is 11.5 Å². The van der Waals surface area contributed by atoms with Crippen LogP contribution in [0.25, 0.3) is 5.65 Å². The summed E-state index contributed by atoms with van der Waals surface area (Å²) in [6.07, 6.45) is 1.47. The van der Waals surface area contributed by atoms with E-state index in [1.54, 1.807) is 12.1 Å². The monoisotopic (exact) mass is 291 g/mol. The van der Waals surface area contributed by atoms with E-state index in [0.717, 1.165) is 10.1 Å². The molecule has 0 spiro atoms. The number of rotatable bonds is 2. The van der Waals surface area contributed by atoms with Crippen LogP contribution < -0.4 is 10.5 Å². The van der Waals surface area contributed by atoms with Crippen molar-refractivity contribution in [3.05, 3.63) is 34.4 Å². The Morgan fingerprint density at radius 2 is 2.05 bits per heavy atom. The summed E-state index contributed by atoms with van der Waals surface area (Å²) < 4.78 is 6.39. The highest BCUT2D eigenvalue weighted by atomic mass is 16.5. The van der Waals surface area contributed by atoms with Crippen molar-refractivity contribution in [3.63, 3.8) is 0 Å². The number of fused-ring (bicyclic) bond motifs is 1. The Morgan fingerprint density at radius 1 is 1.33 bits per heavy atom. The number of ether oxygens (including phenoxy) is 1. The van der Waals surface area contributed by atoms with E-state index in [-0.39, 0.29) is 5.65 Å². The Bertz CT molecular complexity index is 764. The minimum Gasteiger partial charge on any atom is -0.501 e. The molecule has 3 rings (SSSR count). The lowest BCUT2D eigenvalue weighted by atomic mass is 10.3. The molecule has 0 amide bonds. The third-order valence-electron chi connectivity index (χ3n) is 3.37. The fourth-order valence-electron chi connectivity index (χ4n) is 2.29. The van der Waals surface area contributed by atoms with E-state index in [4.69, 9.17) is 9.84 Å². The number of carboxylic acids is 1. The molecule has 1 aliphatic heterocycles. The van der Waals surface area contributed by atoms with Crippen LogP contribution in [0.1, 0.15) is 10.5 Å². The molecule has 1 saturated heterocycles. The zero-order chi connectivity index (χ0) is 15.0. The van der Waals surface area contributed by atoms with Gasteiger partial charge in [0.25, 0.3) is 0 Å². The number of anilines is 1. The number of aromatic carboxylic acids is 1. The summed E-state index contributed by atoms with van der Waals surface area (Å²) in [4.78, 5) is 28.8. The van der Waals surface area contributed by atoms with Gasteiger partial charge in [0.1, 0.15) is 5.65 Å². The lowest BCUT2D eigenvalue weighted by molar-refractivity contribution is 0.0686. The van der Waals surface area contributed by atoms with Crippen molar-refractivity contribution >= 4 is 17.3 Å². The number of aromatic nitrogens is 2. The minimum atomic E-state index is -1.44. The molecule has 0 atom stereocenters. The molecule has 0 aromatic carbocycles. The van der Waals surface area contributed by atoms with Crippen LogP contribution in [0, 0.1) is 0 Å². The minimum absolute atomic E-state index is 0.180. The largest absolute Gasteiger partial charge is 0.501 e. The maximum Gasteiger partial charge on any atom is 0.358 e. The second-order valence-electron chi connectivity index (χ2n) is 4.63. The second-order valence-corrected chi connectivity index (χ2v) is 4.63. The molecule has 2 aromatic heterocycles. The molecule has 21 heavy (non-hydrogen) atoms. The van der Waals surface area contributed by atoms with Gasteiger partial charge in [-0.05, 0) is 6.07 Å². The zero-order valence-corrected chi connectivity index (χ0v) is 11.0. The predicted octanol–water partition coefficient (Wildman–Crippen LogP) is -0.0651. The quantitative estimate of drug-likeness (QED) is 0.798. The van der Waals surface area contributed by atoms with Crippen LogP contribution >= 0.6 is 0 Å². The molecule has 0 saturated carbocycles. The molecular weight excluding hydrogens is 278 g/mol. The van der Waals surface area contributed by atoms with Crippen molar-refractivity contribution < 1.29 is 19.7 Å². The van der Waals surface area contributed by atoms with Crippen molar-refractivity contribution in [2.45, 2.75) is 0 Å². The van der Waals surface area contributed by atoms with Crippen LogP contribution in [-0.4, -0.2) is 51.9 Å². The van der Waals surface area contributed by atoms with E-state index in [2.05, 4.69) is 9.88 Å². The van der Waals surface area contributed by atoms with Crippen LogP contribution in [-0.2, 0) is 4.74 Å². The second kappa shape index (κ2) is 5.06. The molecule has 8 heteroatoms.